The molecule has 0 bridgehead atoms. The summed E-state index contributed by atoms with van der Waals surface area (Å²) in [5.41, 5.74) is 3.75. The molecule has 1 aromatic carbocycles. The van der Waals surface area contributed by atoms with E-state index in [1.807, 2.05) is 6.92 Å². The van der Waals surface area contributed by atoms with E-state index in [0.717, 1.165) is 12.0 Å². The van der Waals surface area contributed by atoms with Gasteiger partial charge >= 0.3 is 0 Å². The maximum absolute atomic E-state index is 12.3. The second kappa shape index (κ2) is 4.18. The highest BCUT2D eigenvalue weighted by Crippen LogP contribution is 2.23. The van der Waals surface area contributed by atoms with Crippen molar-refractivity contribution in [2.75, 3.05) is 5.43 Å². The van der Waals surface area contributed by atoms with Gasteiger partial charge in [0, 0.05) is 11.3 Å². The summed E-state index contributed by atoms with van der Waals surface area (Å²) in [4.78, 5) is 0. The number of benzene rings is 1. The number of aryl methyl sites for hydroxylation is 1. The van der Waals surface area contributed by atoms with Crippen molar-refractivity contribution in [3.63, 3.8) is 0 Å². The first-order chi connectivity index (χ1) is 6.17. The van der Waals surface area contributed by atoms with E-state index in [-0.39, 0.29) is 5.56 Å². The lowest BCUT2D eigenvalue weighted by Gasteiger charge is -2.07. The Morgan fingerprint density at radius 1 is 1.38 bits per heavy atom. The summed E-state index contributed by atoms with van der Waals surface area (Å²) < 4.78 is 24.7. The molecule has 0 aromatic heterocycles. The van der Waals surface area contributed by atoms with Gasteiger partial charge in [-0.1, -0.05) is 6.92 Å². The maximum Gasteiger partial charge on any atom is 0.263 e. The van der Waals surface area contributed by atoms with Crippen molar-refractivity contribution < 1.29 is 8.78 Å². The Morgan fingerprint density at radius 3 is 2.54 bits per heavy atom. The van der Waals surface area contributed by atoms with Crippen LogP contribution in [0.5, 0.6) is 0 Å². The Hall–Kier alpha value is -1.16. The minimum absolute atomic E-state index is 0.00676. The van der Waals surface area contributed by atoms with Crippen molar-refractivity contribution >= 4 is 5.69 Å². The molecule has 1 aromatic rings. The Bertz CT molecular complexity index is 265. The average Bonchev–Trinajstić information content (AvgIpc) is 2.16. The van der Waals surface area contributed by atoms with Crippen LogP contribution in [0.2, 0.25) is 0 Å². The molecule has 0 radical (unpaired) electrons. The Kier molecular flexibility index (Phi) is 3.19. The number of hydrazine groups is 1. The van der Waals surface area contributed by atoms with Crippen LogP contribution in [0, 0.1) is 0 Å². The third-order valence-electron chi connectivity index (χ3n) is 1.84. The topological polar surface area (TPSA) is 38.0 Å². The summed E-state index contributed by atoms with van der Waals surface area (Å²) in [6.45, 7) is 1.91. The number of hydrogen-bond acceptors (Lipinski definition) is 2. The first kappa shape index (κ1) is 9.92. The number of rotatable bonds is 3. The standard InChI is InChI=1S/C9H12F2N2/c1-2-6-3-7(9(10)11)5-8(4-6)13-12/h3-5,9,13H,2,12H2,1H3. The predicted molar refractivity (Wildman–Crippen MR) is 48.6 cm³/mol. The monoisotopic (exact) mass is 186 g/mol. The highest BCUT2D eigenvalue weighted by molar-refractivity contribution is 5.48. The number of halogens is 2. The number of nitrogens with two attached hydrogens (primary N) is 1. The van der Waals surface area contributed by atoms with Gasteiger partial charge in [0.15, 0.2) is 0 Å². The Balaban J connectivity index is 3.07. The lowest BCUT2D eigenvalue weighted by atomic mass is 10.1. The maximum atomic E-state index is 12.3. The van der Waals surface area contributed by atoms with Gasteiger partial charge in [-0.15, -0.1) is 0 Å². The van der Waals surface area contributed by atoms with Crippen LogP contribution in [0.25, 0.3) is 0 Å². The molecule has 0 unspecified atom stereocenters. The second-order valence-electron chi connectivity index (χ2n) is 2.76. The van der Waals surface area contributed by atoms with Gasteiger partial charge in [0.1, 0.15) is 0 Å². The molecule has 0 amide bonds. The van der Waals surface area contributed by atoms with Crippen molar-refractivity contribution in [2.45, 2.75) is 19.8 Å². The lowest BCUT2D eigenvalue weighted by Crippen LogP contribution is -2.07. The summed E-state index contributed by atoms with van der Waals surface area (Å²) in [6, 6.07) is 4.60. The van der Waals surface area contributed by atoms with Gasteiger partial charge in [0.2, 0.25) is 0 Å². The summed E-state index contributed by atoms with van der Waals surface area (Å²) in [5.74, 6) is 5.15. The van der Waals surface area contributed by atoms with Gasteiger partial charge in [0.25, 0.3) is 6.43 Å². The summed E-state index contributed by atoms with van der Waals surface area (Å²) >= 11 is 0. The molecule has 0 aliphatic heterocycles. The summed E-state index contributed by atoms with van der Waals surface area (Å²) in [7, 11) is 0. The first-order valence-electron chi connectivity index (χ1n) is 4.06. The zero-order chi connectivity index (χ0) is 9.84. The molecule has 0 saturated heterocycles. The smallest absolute Gasteiger partial charge is 0.263 e. The van der Waals surface area contributed by atoms with E-state index < -0.39 is 6.43 Å². The molecular weight excluding hydrogens is 174 g/mol. The van der Waals surface area contributed by atoms with Gasteiger partial charge in [-0.25, -0.2) is 8.78 Å². The van der Waals surface area contributed by atoms with E-state index in [1.165, 1.54) is 12.1 Å². The van der Waals surface area contributed by atoms with Crippen LogP contribution in [-0.2, 0) is 6.42 Å². The van der Waals surface area contributed by atoms with E-state index in [4.69, 9.17) is 5.84 Å². The zero-order valence-corrected chi connectivity index (χ0v) is 7.35. The fourth-order valence-electron chi connectivity index (χ4n) is 1.13. The van der Waals surface area contributed by atoms with Gasteiger partial charge < -0.3 is 5.43 Å². The minimum atomic E-state index is -2.45. The Morgan fingerprint density at radius 2 is 2.08 bits per heavy atom. The van der Waals surface area contributed by atoms with Crippen molar-refractivity contribution in [2.24, 2.45) is 5.84 Å². The molecule has 0 spiro atoms. The summed E-state index contributed by atoms with van der Waals surface area (Å²) in [6.07, 6.45) is -1.73. The molecule has 1 rings (SSSR count). The van der Waals surface area contributed by atoms with Crippen LogP contribution < -0.4 is 11.3 Å². The average molecular weight is 186 g/mol. The van der Waals surface area contributed by atoms with Gasteiger partial charge in [-0.3, -0.25) is 5.84 Å². The predicted octanol–water partition coefficient (Wildman–Crippen LogP) is 2.47. The van der Waals surface area contributed by atoms with Crippen molar-refractivity contribution in [1.82, 2.24) is 0 Å². The molecule has 0 heterocycles. The third-order valence-corrected chi connectivity index (χ3v) is 1.84. The fourth-order valence-corrected chi connectivity index (χ4v) is 1.13. The zero-order valence-electron chi connectivity index (χ0n) is 7.35. The molecule has 0 saturated carbocycles. The van der Waals surface area contributed by atoms with Crippen molar-refractivity contribution in [1.29, 1.82) is 0 Å². The van der Waals surface area contributed by atoms with Gasteiger partial charge in [-0.05, 0) is 30.2 Å². The number of nitrogens with one attached hydrogen (secondary N) is 1. The molecule has 13 heavy (non-hydrogen) atoms. The van der Waals surface area contributed by atoms with E-state index in [2.05, 4.69) is 5.43 Å². The second-order valence-corrected chi connectivity index (χ2v) is 2.76. The van der Waals surface area contributed by atoms with Crippen LogP contribution in [-0.4, -0.2) is 0 Å². The molecule has 0 fully saturated rings. The van der Waals surface area contributed by atoms with E-state index in [9.17, 15) is 8.78 Å². The van der Waals surface area contributed by atoms with Gasteiger partial charge in [-0.2, -0.15) is 0 Å². The Labute approximate surface area is 75.7 Å². The number of nitrogen functional groups attached to an aromatic ring is 1. The molecule has 2 nitrogen and oxygen atoms in total. The quantitative estimate of drug-likeness (QED) is 0.562. The molecule has 0 atom stereocenters. The molecule has 0 aliphatic carbocycles. The van der Waals surface area contributed by atoms with Crippen LogP contribution in [0.4, 0.5) is 14.5 Å². The lowest BCUT2D eigenvalue weighted by molar-refractivity contribution is 0.151. The molecule has 3 N–H and O–H groups in total. The van der Waals surface area contributed by atoms with E-state index in [0.29, 0.717) is 5.69 Å². The molecular formula is C9H12F2N2. The van der Waals surface area contributed by atoms with Crippen LogP contribution in [0.3, 0.4) is 0 Å². The highest BCUT2D eigenvalue weighted by atomic mass is 19.3. The summed E-state index contributed by atoms with van der Waals surface area (Å²) in [5, 5.41) is 0. The molecule has 0 aliphatic rings. The number of alkyl halides is 2. The minimum Gasteiger partial charge on any atom is -0.324 e. The van der Waals surface area contributed by atoms with E-state index in [1.54, 1.807) is 6.07 Å². The fraction of sp³-hybridized carbons (Fsp3) is 0.333. The van der Waals surface area contributed by atoms with E-state index >= 15 is 0 Å². The number of hydrogen-bond donors (Lipinski definition) is 2. The van der Waals surface area contributed by atoms with Crippen LogP contribution in [0.15, 0.2) is 18.2 Å². The number of anilines is 1. The largest absolute Gasteiger partial charge is 0.324 e. The highest BCUT2D eigenvalue weighted by Gasteiger charge is 2.08. The third kappa shape index (κ3) is 2.39. The molecule has 4 heteroatoms. The SMILES string of the molecule is CCc1cc(NN)cc(C(F)F)c1. The first-order valence-corrected chi connectivity index (χ1v) is 4.06. The normalized spacial score (nSPS) is 10.5. The van der Waals surface area contributed by atoms with Crippen LogP contribution >= 0.6 is 0 Å². The molecule has 72 valence electrons. The van der Waals surface area contributed by atoms with Gasteiger partial charge in [0.05, 0.1) is 0 Å². The van der Waals surface area contributed by atoms with Crippen LogP contribution in [0.1, 0.15) is 24.5 Å². The van der Waals surface area contributed by atoms with Crippen molar-refractivity contribution in [3.8, 4) is 0 Å². The van der Waals surface area contributed by atoms with Crippen molar-refractivity contribution in [3.05, 3.63) is 29.3 Å².